The molecule has 0 bridgehead atoms. The Kier molecular flexibility index (Phi) is 3.65. The molecule has 0 radical (unpaired) electrons. The quantitative estimate of drug-likeness (QED) is 0.911. The van der Waals surface area contributed by atoms with Gasteiger partial charge in [0, 0.05) is 16.9 Å². The highest BCUT2D eigenvalue weighted by atomic mass is 79.9. The molecule has 1 aromatic rings. The lowest BCUT2D eigenvalue weighted by Crippen LogP contribution is -2.15. The van der Waals surface area contributed by atoms with Crippen LogP contribution in [0, 0.1) is 12.8 Å². The van der Waals surface area contributed by atoms with Crippen LogP contribution < -0.4 is 10.1 Å². The van der Waals surface area contributed by atoms with E-state index in [1.807, 2.05) is 12.1 Å². The molecule has 1 N–H and O–H groups in total. The van der Waals surface area contributed by atoms with Gasteiger partial charge in [-0.25, -0.2) is 0 Å². The van der Waals surface area contributed by atoms with Crippen molar-refractivity contribution in [3.63, 3.8) is 0 Å². The molecule has 0 unspecified atom stereocenters. The SMILES string of the molecule is Cc1cc(OC[C@H]2CCNC2)ccc1Br. The van der Waals surface area contributed by atoms with Crippen molar-refractivity contribution in [3.05, 3.63) is 28.2 Å². The van der Waals surface area contributed by atoms with Crippen LogP contribution in [-0.2, 0) is 0 Å². The third-order valence-corrected chi connectivity index (χ3v) is 3.67. The fourth-order valence-electron chi connectivity index (χ4n) is 1.78. The molecule has 1 aliphatic heterocycles. The lowest BCUT2D eigenvalue weighted by molar-refractivity contribution is 0.260. The Balaban J connectivity index is 1.90. The van der Waals surface area contributed by atoms with Crippen molar-refractivity contribution in [2.24, 2.45) is 5.92 Å². The second kappa shape index (κ2) is 4.99. The highest BCUT2D eigenvalue weighted by Gasteiger charge is 2.14. The maximum absolute atomic E-state index is 5.76. The van der Waals surface area contributed by atoms with Crippen molar-refractivity contribution >= 4 is 15.9 Å². The minimum atomic E-state index is 0.675. The summed E-state index contributed by atoms with van der Waals surface area (Å²) in [7, 11) is 0. The van der Waals surface area contributed by atoms with Crippen molar-refractivity contribution in [2.75, 3.05) is 19.7 Å². The summed E-state index contributed by atoms with van der Waals surface area (Å²) in [6.45, 7) is 5.13. The molecule has 1 aliphatic rings. The minimum absolute atomic E-state index is 0.675. The predicted molar refractivity (Wildman–Crippen MR) is 65.4 cm³/mol. The largest absolute Gasteiger partial charge is 0.493 e. The number of benzene rings is 1. The second-order valence-electron chi connectivity index (χ2n) is 4.08. The molecule has 1 saturated heterocycles. The zero-order chi connectivity index (χ0) is 10.7. The van der Waals surface area contributed by atoms with Gasteiger partial charge in [-0.05, 0) is 43.7 Å². The summed E-state index contributed by atoms with van der Waals surface area (Å²) >= 11 is 3.48. The van der Waals surface area contributed by atoms with Gasteiger partial charge in [0.15, 0.2) is 0 Å². The molecule has 1 atom stereocenters. The fourth-order valence-corrected chi connectivity index (χ4v) is 2.02. The van der Waals surface area contributed by atoms with Crippen LogP contribution in [0.15, 0.2) is 22.7 Å². The Labute approximate surface area is 99.1 Å². The molecule has 0 saturated carbocycles. The number of rotatable bonds is 3. The number of aryl methyl sites for hydroxylation is 1. The number of hydrogen-bond donors (Lipinski definition) is 1. The Morgan fingerprint density at radius 1 is 1.53 bits per heavy atom. The van der Waals surface area contributed by atoms with E-state index >= 15 is 0 Å². The van der Waals surface area contributed by atoms with E-state index in [-0.39, 0.29) is 0 Å². The molecule has 1 heterocycles. The molecule has 82 valence electrons. The lowest BCUT2D eigenvalue weighted by Gasteiger charge is -2.11. The zero-order valence-corrected chi connectivity index (χ0v) is 10.5. The monoisotopic (exact) mass is 269 g/mol. The standard InChI is InChI=1S/C12H16BrNO/c1-9-6-11(2-3-12(9)13)15-8-10-4-5-14-7-10/h2-3,6,10,14H,4-5,7-8H2,1H3/t10-/m0/s1. The molecule has 0 aromatic heterocycles. The summed E-state index contributed by atoms with van der Waals surface area (Å²) in [5.41, 5.74) is 1.22. The molecule has 2 rings (SSSR count). The zero-order valence-electron chi connectivity index (χ0n) is 8.92. The van der Waals surface area contributed by atoms with Crippen LogP contribution in [0.1, 0.15) is 12.0 Å². The molecule has 0 aliphatic carbocycles. The Morgan fingerprint density at radius 2 is 2.40 bits per heavy atom. The third kappa shape index (κ3) is 2.95. The van der Waals surface area contributed by atoms with E-state index < -0.39 is 0 Å². The first-order chi connectivity index (χ1) is 7.25. The van der Waals surface area contributed by atoms with Gasteiger partial charge in [-0.1, -0.05) is 15.9 Å². The van der Waals surface area contributed by atoms with E-state index in [2.05, 4.69) is 34.2 Å². The topological polar surface area (TPSA) is 21.3 Å². The Hall–Kier alpha value is -0.540. The average Bonchev–Trinajstić information content (AvgIpc) is 2.73. The number of nitrogens with one attached hydrogen (secondary N) is 1. The van der Waals surface area contributed by atoms with E-state index in [0.29, 0.717) is 5.92 Å². The van der Waals surface area contributed by atoms with Crippen molar-refractivity contribution < 1.29 is 4.74 Å². The maximum atomic E-state index is 5.76. The van der Waals surface area contributed by atoms with Gasteiger partial charge >= 0.3 is 0 Å². The molecule has 0 amide bonds. The molecular weight excluding hydrogens is 254 g/mol. The lowest BCUT2D eigenvalue weighted by atomic mass is 10.1. The first-order valence-corrected chi connectivity index (χ1v) is 6.14. The van der Waals surface area contributed by atoms with Gasteiger partial charge in [0.1, 0.15) is 5.75 Å². The summed E-state index contributed by atoms with van der Waals surface area (Å²) in [6, 6.07) is 6.13. The first-order valence-electron chi connectivity index (χ1n) is 5.35. The fraction of sp³-hybridized carbons (Fsp3) is 0.500. The smallest absolute Gasteiger partial charge is 0.119 e. The van der Waals surface area contributed by atoms with Crippen molar-refractivity contribution in [1.29, 1.82) is 0 Å². The van der Waals surface area contributed by atoms with E-state index in [1.165, 1.54) is 12.0 Å². The van der Waals surface area contributed by atoms with Crippen LogP contribution in [0.5, 0.6) is 5.75 Å². The molecule has 15 heavy (non-hydrogen) atoms. The van der Waals surface area contributed by atoms with Gasteiger partial charge in [0.2, 0.25) is 0 Å². The number of halogens is 1. The molecule has 1 fully saturated rings. The van der Waals surface area contributed by atoms with Crippen molar-refractivity contribution in [3.8, 4) is 5.75 Å². The van der Waals surface area contributed by atoms with Crippen LogP contribution in [0.3, 0.4) is 0 Å². The van der Waals surface area contributed by atoms with E-state index in [4.69, 9.17) is 4.74 Å². The van der Waals surface area contributed by atoms with Gasteiger partial charge in [-0.15, -0.1) is 0 Å². The summed E-state index contributed by atoms with van der Waals surface area (Å²) in [5.74, 6) is 1.65. The van der Waals surface area contributed by atoms with Crippen LogP contribution in [0.4, 0.5) is 0 Å². The predicted octanol–water partition coefficient (Wildman–Crippen LogP) is 2.75. The van der Waals surface area contributed by atoms with Gasteiger partial charge in [-0.2, -0.15) is 0 Å². The van der Waals surface area contributed by atoms with Gasteiger partial charge < -0.3 is 10.1 Å². The third-order valence-electron chi connectivity index (χ3n) is 2.78. The Bertz CT molecular complexity index is 334. The molecular formula is C12H16BrNO. The number of hydrogen-bond acceptors (Lipinski definition) is 2. The summed E-state index contributed by atoms with van der Waals surface area (Å²) in [6.07, 6.45) is 1.23. The Morgan fingerprint density at radius 3 is 3.07 bits per heavy atom. The molecule has 3 heteroatoms. The van der Waals surface area contributed by atoms with E-state index in [0.717, 1.165) is 29.9 Å². The van der Waals surface area contributed by atoms with Crippen molar-refractivity contribution in [1.82, 2.24) is 5.32 Å². The van der Waals surface area contributed by atoms with E-state index in [9.17, 15) is 0 Å². The molecule has 1 aromatic carbocycles. The van der Waals surface area contributed by atoms with Crippen LogP contribution in [0.25, 0.3) is 0 Å². The van der Waals surface area contributed by atoms with Gasteiger partial charge in [-0.3, -0.25) is 0 Å². The highest BCUT2D eigenvalue weighted by molar-refractivity contribution is 9.10. The van der Waals surface area contributed by atoms with Crippen LogP contribution >= 0.6 is 15.9 Å². The number of ether oxygens (including phenoxy) is 1. The maximum Gasteiger partial charge on any atom is 0.119 e. The van der Waals surface area contributed by atoms with Crippen LogP contribution in [-0.4, -0.2) is 19.7 Å². The van der Waals surface area contributed by atoms with Crippen molar-refractivity contribution in [2.45, 2.75) is 13.3 Å². The molecule has 0 spiro atoms. The normalized spacial score (nSPS) is 20.5. The summed E-state index contributed by atoms with van der Waals surface area (Å²) in [5, 5.41) is 3.34. The summed E-state index contributed by atoms with van der Waals surface area (Å²) in [4.78, 5) is 0. The van der Waals surface area contributed by atoms with Gasteiger partial charge in [0.05, 0.1) is 6.61 Å². The van der Waals surface area contributed by atoms with Crippen LogP contribution in [0.2, 0.25) is 0 Å². The van der Waals surface area contributed by atoms with E-state index in [1.54, 1.807) is 0 Å². The average molecular weight is 270 g/mol. The first kappa shape index (κ1) is 11.0. The van der Waals surface area contributed by atoms with Gasteiger partial charge in [0.25, 0.3) is 0 Å². The summed E-state index contributed by atoms with van der Waals surface area (Å²) < 4.78 is 6.90. The highest BCUT2D eigenvalue weighted by Crippen LogP contribution is 2.22. The molecule has 2 nitrogen and oxygen atoms in total. The minimum Gasteiger partial charge on any atom is -0.493 e. The second-order valence-corrected chi connectivity index (χ2v) is 4.94.